The maximum absolute atomic E-state index is 12.3. The second kappa shape index (κ2) is 32.7. The van der Waals surface area contributed by atoms with Gasteiger partial charge in [-0.25, -0.2) is 0 Å². The van der Waals surface area contributed by atoms with Crippen molar-refractivity contribution >= 4 is 20.3 Å². The van der Waals surface area contributed by atoms with E-state index in [0.29, 0.717) is 81.0 Å². The van der Waals surface area contributed by atoms with E-state index in [4.69, 9.17) is 37.6 Å². The van der Waals surface area contributed by atoms with Crippen molar-refractivity contribution < 1.29 is 52.3 Å². The number of rotatable bonds is 33. The van der Waals surface area contributed by atoms with Crippen LogP contribution in [-0.4, -0.2) is 105 Å². The highest BCUT2D eigenvalue weighted by Gasteiger charge is 2.43. The first kappa shape index (κ1) is 65.4. The Morgan fingerprint density at radius 3 is 1.59 bits per heavy atom. The molecule has 1 aliphatic heterocycles. The summed E-state index contributed by atoms with van der Waals surface area (Å²) in [6, 6.07) is 11.1. The molecule has 0 saturated carbocycles. The molecule has 8 atom stereocenters. The molecule has 1 saturated heterocycles. The Morgan fingerprint density at radius 1 is 0.730 bits per heavy atom. The lowest BCUT2D eigenvalue weighted by molar-refractivity contribution is -0.146. The summed E-state index contributed by atoms with van der Waals surface area (Å²) < 4.78 is 45.6. The fourth-order valence-corrected chi connectivity index (χ4v) is 10.3. The van der Waals surface area contributed by atoms with Crippen LogP contribution in [0.5, 0.6) is 23.0 Å². The number of azide groups is 2. The van der Waals surface area contributed by atoms with Crippen molar-refractivity contribution in [3.63, 3.8) is 0 Å². The van der Waals surface area contributed by atoms with Crippen molar-refractivity contribution in [3.8, 4) is 23.0 Å². The van der Waals surface area contributed by atoms with Gasteiger partial charge in [0.1, 0.15) is 6.10 Å². The molecule has 0 aromatic heterocycles. The zero-order chi connectivity index (χ0) is 55.8. The molecule has 418 valence electrons. The first-order chi connectivity index (χ1) is 34.9. The van der Waals surface area contributed by atoms with E-state index in [1.165, 1.54) is 0 Å². The molecule has 74 heavy (non-hydrogen) atoms. The maximum Gasteiger partial charge on any atom is 0.309 e. The van der Waals surface area contributed by atoms with Crippen molar-refractivity contribution in [3.05, 3.63) is 68.4 Å². The van der Waals surface area contributed by atoms with Gasteiger partial charge >= 0.3 is 11.9 Å². The van der Waals surface area contributed by atoms with Gasteiger partial charge in [0.15, 0.2) is 31.3 Å². The van der Waals surface area contributed by atoms with Crippen LogP contribution in [0.3, 0.4) is 0 Å². The maximum atomic E-state index is 12.3. The summed E-state index contributed by atoms with van der Waals surface area (Å²) >= 11 is 0. The SMILES string of the molecule is COCCCOc1cc(C[C@@H](C[C@H](N=[N+]=[N-])C(C[C@H](C(=O)O)C(C)C)O[Si](C)(C)C(C)(C)C)C(C)C)ccc1OC.COCCCOc1cc(C[C@@H](C[C@H](N=[N+]=[N-])[C@@H]2C[C@@H](C(C)C)C(=O)O2)C(C)C)ccc1OC. The fraction of sp³-hybridized carbons (Fsp3) is 0.750. The van der Waals surface area contributed by atoms with E-state index in [-0.39, 0.29) is 58.7 Å². The van der Waals surface area contributed by atoms with Gasteiger partial charge in [-0.05, 0) is 139 Å². The smallest absolute Gasteiger partial charge is 0.309 e. The topological polar surface area (TPSA) is 226 Å². The normalized spacial score (nSPS) is 17.3. The second-order valence-electron chi connectivity index (χ2n) is 22.7. The van der Waals surface area contributed by atoms with E-state index in [0.717, 1.165) is 36.8 Å². The lowest BCUT2D eigenvalue weighted by Gasteiger charge is -2.42. The lowest BCUT2D eigenvalue weighted by Crippen LogP contribution is -2.48. The summed E-state index contributed by atoms with van der Waals surface area (Å²) in [6.07, 6.45) is 4.39. The molecule has 1 aliphatic rings. The van der Waals surface area contributed by atoms with Crippen molar-refractivity contribution in [2.75, 3.05) is 54.9 Å². The van der Waals surface area contributed by atoms with Crippen LogP contribution in [0.1, 0.15) is 126 Å². The Labute approximate surface area is 444 Å². The molecule has 1 unspecified atom stereocenters. The second-order valence-corrected chi connectivity index (χ2v) is 27.5. The molecule has 0 spiro atoms. The average molecular weight is 1060 g/mol. The predicted octanol–water partition coefficient (Wildman–Crippen LogP) is 13.7. The molecular formula is C56H94N6O11Si. The number of benzene rings is 2. The number of methoxy groups -OCH3 is 4. The highest BCUT2D eigenvalue weighted by Crippen LogP contribution is 2.41. The van der Waals surface area contributed by atoms with Crippen LogP contribution in [-0.2, 0) is 41.1 Å². The third-order valence-electron chi connectivity index (χ3n) is 14.9. The average Bonchev–Trinajstić information content (AvgIpc) is 3.73. The van der Waals surface area contributed by atoms with Crippen molar-refractivity contribution in [2.24, 2.45) is 57.6 Å². The van der Waals surface area contributed by atoms with Crippen molar-refractivity contribution in [2.45, 2.75) is 170 Å². The Hall–Kier alpha value is -4.70. The van der Waals surface area contributed by atoms with E-state index in [2.05, 4.69) is 81.6 Å². The quantitative estimate of drug-likeness (QED) is 0.0177. The number of ether oxygens (including phenoxy) is 7. The molecule has 1 fully saturated rings. The number of carbonyl (C=O) groups is 2. The third kappa shape index (κ3) is 21.5. The van der Waals surface area contributed by atoms with Crippen LogP contribution in [0.4, 0.5) is 0 Å². The van der Waals surface area contributed by atoms with E-state index in [9.17, 15) is 25.8 Å². The summed E-state index contributed by atoms with van der Waals surface area (Å²) in [5, 5.41) is 18.2. The number of hydrogen-bond donors (Lipinski definition) is 1. The van der Waals surface area contributed by atoms with Gasteiger partial charge in [-0.2, -0.15) is 0 Å². The third-order valence-corrected chi connectivity index (χ3v) is 19.4. The van der Waals surface area contributed by atoms with Crippen LogP contribution in [0, 0.1) is 47.3 Å². The zero-order valence-electron chi connectivity index (χ0n) is 48.1. The number of aliphatic carboxylic acids is 1. The van der Waals surface area contributed by atoms with Crippen molar-refractivity contribution in [1.82, 2.24) is 0 Å². The lowest BCUT2D eigenvalue weighted by atomic mass is 9.81. The van der Waals surface area contributed by atoms with E-state index >= 15 is 0 Å². The fourth-order valence-electron chi connectivity index (χ4n) is 8.94. The molecule has 1 N–H and O–H groups in total. The minimum Gasteiger partial charge on any atom is -0.493 e. The van der Waals surface area contributed by atoms with Crippen LogP contribution >= 0.6 is 0 Å². The molecule has 1 heterocycles. The van der Waals surface area contributed by atoms with Gasteiger partial charge in [0.05, 0.1) is 57.5 Å². The van der Waals surface area contributed by atoms with Crippen molar-refractivity contribution in [1.29, 1.82) is 0 Å². The summed E-state index contributed by atoms with van der Waals surface area (Å²) in [5.74, 6) is 2.18. The van der Waals surface area contributed by atoms with Crippen LogP contribution < -0.4 is 18.9 Å². The van der Waals surface area contributed by atoms with Gasteiger partial charge in [0, 0.05) is 50.1 Å². The number of esters is 1. The van der Waals surface area contributed by atoms with E-state index < -0.39 is 32.4 Å². The van der Waals surface area contributed by atoms with Gasteiger partial charge in [-0.3, -0.25) is 9.59 Å². The summed E-state index contributed by atoms with van der Waals surface area (Å²) in [7, 11) is 4.30. The molecule has 0 amide bonds. The summed E-state index contributed by atoms with van der Waals surface area (Å²) in [4.78, 5) is 30.8. The standard InChI is InChI=1S/C31H55N3O6Si.C25H39N3O5/c1-21(2)24(17-23-13-14-27(38-9)29(18-23)39-16-12-15-37-8)19-26(33-34-32)28(20-25(22(3)4)30(35)36)40-41(10,11)31(5,6)7;1-16(2)19(14-21(27-28-26)23-15-20(17(3)4)25(29)33-23)12-18-8-9-22(31-6)24(13-18)32-11-7-10-30-5/h13-14,18,21-22,24-26,28H,12,15-17,19-20H2,1-11H3,(H,35,36);8-9,13,16-17,19-21,23H,7,10-12,14-15H2,1-6H3/t24-,25-,26-,28?;19-,20-,21-,23-/m00/s1. The molecular weight excluding hydrogens is 961 g/mol. The van der Waals surface area contributed by atoms with Crippen LogP contribution in [0.2, 0.25) is 18.1 Å². The summed E-state index contributed by atoms with van der Waals surface area (Å²) in [6.45, 7) is 29.7. The summed E-state index contributed by atoms with van der Waals surface area (Å²) in [5.41, 5.74) is 21.0. The first-order valence-corrected chi connectivity index (χ1v) is 29.6. The minimum atomic E-state index is -2.30. The highest BCUT2D eigenvalue weighted by molar-refractivity contribution is 6.74. The van der Waals surface area contributed by atoms with Crippen LogP contribution in [0.15, 0.2) is 46.6 Å². The van der Waals surface area contributed by atoms with Gasteiger partial charge in [0.2, 0.25) is 0 Å². The first-order valence-electron chi connectivity index (χ1n) is 26.6. The molecule has 18 heteroatoms. The number of hydrogen-bond acceptors (Lipinski definition) is 12. The van der Waals surface area contributed by atoms with Gasteiger partial charge in [0.25, 0.3) is 0 Å². The number of carboxylic acids is 1. The Bertz CT molecular complexity index is 2090. The number of carboxylic acid groups (broad SMARTS) is 1. The van der Waals surface area contributed by atoms with E-state index in [1.807, 2.05) is 64.1 Å². The molecule has 2 aromatic carbocycles. The van der Waals surface area contributed by atoms with E-state index in [1.54, 1.807) is 28.4 Å². The molecule has 2 aromatic rings. The molecule has 0 aliphatic carbocycles. The Morgan fingerprint density at radius 2 is 1.22 bits per heavy atom. The predicted molar refractivity (Wildman–Crippen MR) is 295 cm³/mol. The van der Waals surface area contributed by atoms with Crippen LogP contribution in [0.25, 0.3) is 20.9 Å². The zero-order valence-corrected chi connectivity index (χ0v) is 49.1. The van der Waals surface area contributed by atoms with Gasteiger partial charge in [-0.1, -0.05) is 98.5 Å². The highest BCUT2D eigenvalue weighted by atomic mass is 28.4. The Balaban J connectivity index is 0.000000518. The molecule has 0 radical (unpaired) electrons. The monoisotopic (exact) mass is 1050 g/mol. The minimum absolute atomic E-state index is 0.0766. The molecule has 17 nitrogen and oxygen atoms in total. The number of carbonyl (C=O) groups excluding carboxylic acids is 1. The largest absolute Gasteiger partial charge is 0.493 e. The molecule has 3 rings (SSSR count). The number of nitrogens with zero attached hydrogens (tertiary/aromatic N) is 6. The van der Waals surface area contributed by atoms with Gasteiger partial charge in [-0.15, -0.1) is 0 Å². The number of cyclic esters (lactones) is 1. The van der Waals surface area contributed by atoms with Gasteiger partial charge < -0.3 is 42.7 Å². The Kier molecular flexibility index (Phi) is 28.9. The molecule has 0 bridgehead atoms.